The van der Waals surface area contributed by atoms with E-state index < -0.39 is 0 Å². The normalized spacial score (nSPS) is 11.3. The minimum absolute atomic E-state index is 0.216. The van der Waals surface area contributed by atoms with Gasteiger partial charge in [-0.2, -0.15) is 14.8 Å². The van der Waals surface area contributed by atoms with Crippen molar-refractivity contribution in [2.24, 2.45) is 0 Å². The van der Waals surface area contributed by atoms with Gasteiger partial charge in [0.25, 0.3) is 11.5 Å². The van der Waals surface area contributed by atoms with Gasteiger partial charge < -0.3 is 0 Å². The number of rotatable bonds is 1. The molecule has 1 aromatic carbocycles. The highest BCUT2D eigenvalue weighted by atomic mass is 16.1. The first-order valence-electron chi connectivity index (χ1n) is 6.54. The van der Waals surface area contributed by atoms with Crippen LogP contribution in [0.25, 0.3) is 22.4 Å². The van der Waals surface area contributed by atoms with E-state index in [1.807, 2.05) is 43.3 Å². The van der Waals surface area contributed by atoms with Crippen LogP contribution in [0, 0.1) is 6.92 Å². The lowest BCUT2D eigenvalue weighted by Gasteiger charge is -2.04. The number of benzene rings is 1. The second-order valence-corrected chi connectivity index (χ2v) is 4.76. The summed E-state index contributed by atoms with van der Waals surface area (Å²) in [5, 5.41) is 10.1. The molecule has 0 N–H and O–H groups in total. The van der Waals surface area contributed by atoms with Crippen LogP contribution in [0.4, 0.5) is 0 Å². The molecule has 4 rings (SSSR count). The maximum Gasteiger partial charge on any atom is 0.282 e. The Kier molecular flexibility index (Phi) is 2.38. The van der Waals surface area contributed by atoms with Crippen LogP contribution in [-0.4, -0.2) is 24.4 Å². The highest BCUT2D eigenvalue weighted by molar-refractivity contribution is 5.83. The molecule has 4 aromatic rings. The lowest BCUT2D eigenvalue weighted by molar-refractivity contribution is 0.744. The Bertz CT molecular complexity index is 998. The second kappa shape index (κ2) is 4.24. The maximum atomic E-state index is 12.6. The third-order valence-corrected chi connectivity index (χ3v) is 3.41. The Labute approximate surface area is 119 Å². The van der Waals surface area contributed by atoms with Crippen molar-refractivity contribution in [2.75, 3.05) is 0 Å². The fraction of sp³-hybridized carbons (Fsp3) is 0.0667. The molecule has 6 nitrogen and oxygen atoms in total. The highest BCUT2D eigenvalue weighted by Crippen LogP contribution is 2.13. The third-order valence-electron chi connectivity index (χ3n) is 3.41. The van der Waals surface area contributed by atoms with E-state index in [9.17, 15) is 4.79 Å². The Morgan fingerprint density at radius 3 is 2.52 bits per heavy atom. The predicted molar refractivity (Wildman–Crippen MR) is 78.6 cm³/mol. The summed E-state index contributed by atoms with van der Waals surface area (Å²) >= 11 is 0. The predicted octanol–water partition coefficient (Wildman–Crippen LogP) is 1.74. The van der Waals surface area contributed by atoms with Crippen molar-refractivity contribution in [1.82, 2.24) is 24.4 Å². The summed E-state index contributed by atoms with van der Waals surface area (Å²) in [7, 11) is 0. The summed E-state index contributed by atoms with van der Waals surface area (Å²) in [6.45, 7) is 1.87. The lowest BCUT2D eigenvalue weighted by atomic mass is 10.1. The molecule has 21 heavy (non-hydrogen) atoms. The van der Waals surface area contributed by atoms with Crippen LogP contribution in [0.1, 0.15) is 5.69 Å². The number of aryl methyl sites for hydroxylation is 1. The van der Waals surface area contributed by atoms with Crippen LogP contribution >= 0.6 is 0 Å². The molecule has 0 saturated carbocycles. The van der Waals surface area contributed by atoms with E-state index >= 15 is 0 Å². The molecule has 0 spiro atoms. The molecule has 0 aliphatic heterocycles. The Morgan fingerprint density at radius 1 is 0.952 bits per heavy atom. The molecule has 0 aliphatic carbocycles. The van der Waals surface area contributed by atoms with Crippen molar-refractivity contribution >= 4 is 16.4 Å². The van der Waals surface area contributed by atoms with E-state index in [1.54, 1.807) is 16.8 Å². The zero-order valence-electron chi connectivity index (χ0n) is 11.3. The van der Waals surface area contributed by atoms with Gasteiger partial charge in [0.05, 0.1) is 11.1 Å². The van der Waals surface area contributed by atoms with Gasteiger partial charge in [0.1, 0.15) is 0 Å². The van der Waals surface area contributed by atoms with Gasteiger partial charge in [-0.3, -0.25) is 4.79 Å². The second-order valence-electron chi connectivity index (χ2n) is 4.76. The van der Waals surface area contributed by atoms with Crippen LogP contribution < -0.4 is 5.56 Å². The van der Waals surface area contributed by atoms with Crippen molar-refractivity contribution in [2.45, 2.75) is 6.92 Å². The van der Waals surface area contributed by atoms with E-state index in [4.69, 9.17) is 0 Å². The van der Waals surface area contributed by atoms with Crippen LogP contribution in [-0.2, 0) is 0 Å². The zero-order chi connectivity index (χ0) is 14.4. The van der Waals surface area contributed by atoms with Crippen LogP contribution in [0.5, 0.6) is 0 Å². The maximum absolute atomic E-state index is 12.6. The summed E-state index contributed by atoms with van der Waals surface area (Å²) in [5.74, 6) is 0.278. The molecular formula is C15H11N5O. The van der Waals surface area contributed by atoms with Gasteiger partial charge in [-0.05, 0) is 25.1 Å². The van der Waals surface area contributed by atoms with Gasteiger partial charge in [0.2, 0.25) is 0 Å². The van der Waals surface area contributed by atoms with Crippen molar-refractivity contribution in [3.8, 4) is 5.95 Å². The van der Waals surface area contributed by atoms with Crippen LogP contribution in [0.3, 0.4) is 0 Å². The number of hydrogen-bond acceptors (Lipinski definition) is 4. The first-order valence-corrected chi connectivity index (χ1v) is 6.54. The molecule has 0 aliphatic rings. The first kappa shape index (κ1) is 11.8. The quantitative estimate of drug-likeness (QED) is 0.531. The van der Waals surface area contributed by atoms with Gasteiger partial charge in [-0.1, -0.05) is 24.3 Å². The number of aromatic nitrogens is 5. The smallest absolute Gasteiger partial charge is 0.267 e. The van der Waals surface area contributed by atoms with Gasteiger partial charge >= 0.3 is 0 Å². The van der Waals surface area contributed by atoms with E-state index in [0.29, 0.717) is 11.0 Å². The van der Waals surface area contributed by atoms with Crippen LogP contribution in [0.2, 0.25) is 0 Å². The van der Waals surface area contributed by atoms with E-state index in [2.05, 4.69) is 15.2 Å². The average Bonchev–Trinajstić information content (AvgIpc) is 2.94. The fourth-order valence-corrected chi connectivity index (χ4v) is 2.39. The van der Waals surface area contributed by atoms with Gasteiger partial charge in [-0.25, -0.2) is 4.52 Å². The van der Waals surface area contributed by atoms with E-state index in [-0.39, 0.29) is 11.5 Å². The van der Waals surface area contributed by atoms with Gasteiger partial charge in [0.15, 0.2) is 5.65 Å². The molecule has 0 amide bonds. The zero-order valence-corrected chi connectivity index (χ0v) is 11.3. The van der Waals surface area contributed by atoms with Crippen molar-refractivity contribution in [3.05, 3.63) is 64.7 Å². The Hall–Kier alpha value is -3.02. The minimum atomic E-state index is -0.216. The molecular weight excluding hydrogens is 266 g/mol. The SMILES string of the molecule is Cc1nn(-c2nc3ccccn3n2)c(=O)c2ccccc12. The lowest BCUT2D eigenvalue weighted by Crippen LogP contribution is -2.23. The summed E-state index contributed by atoms with van der Waals surface area (Å²) in [4.78, 5) is 16.9. The van der Waals surface area contributed by atoms with E-state index in [1.165, 1.54) is 4.68 Å². The molecule has 0 unspecified atom stereocenters. The molecule has 102 valence electrons. The first-order chi connectivity index (χ1) is 10.2. The number of pyridine rings is 1. The van der Waals surface area contributed by atoms with Crippen molar-refractivity contribution in [1.29, 1.82) is 0 Å². The molecule has 3 heterocycles. The monoisotopic (exact) mass is 277 g/mol. The molecule has 0 radical (unpaired) electrons. The summed E-state index contributed by atoms with van der Waals surface area (Å²) < 4.78 is 2.87. The number of fused-ring (bicyclic) bond motifs is 2. The van der Waals surface area contributed by atoms with Crippen molar-refractivity contribution in [3.63, 3.8) is 0 Å². The summed E-state index contributed by atoms with van der Waals surface area (Å²) in [6, 6.07) is 13.0. The Balaban J connectivity index is 2.06. The molecule has 6 heteroatoms. The van der Waals surface area contributed by atoms with Gasteiger partial charge in [0, 0.05) is 11.6 Å². The highest BCUT2D eigenvalue weighted by Gasteiger charge is 2.12. The molecule has 0 bridgehead atoms. The largest absolute Gasteiger partial charge is 0.282 e. The third kappa shape index (κ3) is 1.73. The molecule has 0 atom stereocenters. The van der Waals surface area contributed by atoms with Crippen molar-refractivity contribution < 1.29 is 0 Å². The average molecular weight is 277 g/mol. The van der Waals surface area contributed by atoms with E-state index in [0.717, 1.165) is 11.1 Å². The number of hydrogen-bond donors (Lipinski definition) is 0. The molecule has 3 aromatic heterocycles. The standard InChI is InChI=1S/C15H11N5O/c1-10-11-6-2-3-7-12(11)14(21)20(17-10)15-16-13-8-4-5-9-19(13)18-15/h2-9H,1H3. The Morgan fingerprint density at radius 2 is 1.71 bits per heavy atom. The molecule has 0 saturated heterocycles. The summed E-state index contributed by atoms with van der Waals surface area (Å²) in [5.41, 5.74) is 1.23. The topological polar surface area (TPSA) is 65.1 Å². The van der Waals surface area contributed by atoms with Gasteiger partial charge in [-0.15, -0.1) is 5.10 Å². The molecule has 0 fully saturated rings. The fourth-order valence-electron chi connectivity index (χ4n) is 2.39. The summed E-state index contributed by atoms with van der Waals surface area (Å²) in [6.07, 6.45) is 1.78. The number of nitrogens with zero attached hydrogens (tertiary/aromatic N) is 5. The minimum Gasteiger partial charge on any atom is -0.267 e. The van der Waals surface area contributed by atoms with Crippen LogP contribution in [0.15, 0.2) is 53.5 Å².